The Hall–Kier alpha value is -2.11. The molecule has 0 atom stereocenters. The number of aromatic nitrogens is 2. The van der Waals surface area contributed by atoms with Crippen LogP contribution in [0.15, 0.2) is 46.7 Å². The molecule has 3 heterocycles. The van der Waals surface area contributed by atoms with Crippen molar-refractivity contribution in [3.8, 4) is 10.7 Å². The van der Waals surface area contributed by atoms with Crippen molar-refractivity contribution in [2.75, 3.05) is 11.9 Å². The summed E-state index contributed by atoms with van der Waals surface area (Å²) in [4.78, 5) is 32.2. The molecule has 1 aliphatic rings. The van der Waals surface area contributed by atoms with E-state index in [0.29, 0.717) is 25.2 Å². The van der Waals surface area contributed by atoms with Crippen molar-refractivity contribution >= 4 is 85.8 Å². The molecule has 0 radical (unpaired) electrons. The van der Waals surface area contributed by atoms with Crippen molar-refractivity contribution < 1.29 is 9.59 Å². The normalized spacial score (nSPS) is 15.2. The van der Waals surface area contributed by atoms with Gasteiger partial charge in [-0.15, -0.1) is 11.3 Å². The average molecular weight is 493 g/mol. The summed E-state index contributed by atoms with van der Waals surface area (Å²) in [5, 5.41) is 5.73. The van der Waals surface area contributed by atoms with Gasteiger partial charge in [0.2, 0.25) is 11.0 Å². The molecule has 1 fully saturated rings. The fourth-order valence-corrected chi connectivity index (χ4v) is 5.33. The predicted molar refractivity (Wildman–Crippen MR) is 128 cm³/mol. The lowest BCUT2D eigenvalue weighted by molar-refractivity contribution is -0.122. The molecule has 2 aromatic heterocycles. The van der Waals surface area contributed by atoms with Crippen molar-refractivity contribution in [1.29, 1.82) is 0 Å². The molecule has 152 valence electrons. The van der Waals surface area contributed by atoms with Crippen LogP contribution in [-0.4, -0.2) is 36.9 Å². The summed E-state index contributed by atoms with van der Waals surface area (Å²) in [5.74, 6) is 0.137. The Morgan fingerprint density at radius 1 is 1.27 bits per heavy atom. The van der Waals surface area contributed by atoms with Gasteiger partial charge in [0.15, 0.2) is 5.82 Å². The Balaban J connectivity index is 1.34. The smallest absolute Gasteiger partial charge is 0.266 e. The van der Waals surface area contributed by atoms with Crippen LogP contribution in [0.4, 0.5) is 5.13 Å². The van der Waals surface area contributed by atoms with Crippen molar-refractivity contribution in [3.63, 3.8) is 0 Å². The van der Waals surface area contributed by atoms with Gasteiger partial charge >= 0.3 is 0 Å². The third-order valence-corrected chi connectivity index (χ3v) is 7.14. The molecule has 2 amide bonds. The van der Waals surface area contributed by atoms with E-state index in [4.69, 9.17) is 23.8 Å². The van der Waals surface area contributed by atoms with Crippen molar-refractivity contribution in [3.05, 3.63) is 57.3 Å². The van der Waals surface area contributed by atoms with E-state index < -0.39 is 0 Å². The number of carbonyl (C=O) groups excluding carboxylic acids is 2. The second kappa shape index (κ2) is 9.36. The highest BCUT2D eigenvalue weighted by molar-refractivity contribution is 8.26. The van der Waals surface area contributed by atoms with Crippen LogP contribution in [0.2, 0.25) is 5.02 Å². The third kappa shape index (κ3) is 4.96. The average Bonchev–Trinajstić information content (AvgIpc) is 3.45. The van der Waals surface area contributed by atoms with Gasteiger partial charge in [0.1, 0.15) is 4.32 Å². The highest BCUT2D eigenvalue weighted by Gasteiger charge is 2.32. The first kappa shape index (κ1) is 21.1. The van der Waals surface area contributed by atoms with Crippen LogP contribution >= 0.6 is 58.4 Å². The molecule has 0 aliphatic carbocycles. The van der Waals surface area contributed by atoms with Crippen LogP contribution in [0.5, 0.6) is 0 Å². The van der Waals surface area contributed by atoms with Crippen LogP contribution in [0.3, 0.4) is 0 Å². The Morgan fingerprint density at radius 2 is 2.07 bits per heavy atom. The second-order valence-electron chi connectivity index (χ2n) is 6.08. The Morgan fingerprint density at radius 3 is 2.80 bits per heavy atom. The van der Waals surface area contributed by atoms with E-state index in [2.05, 4.69) is 14.7 Å². The molecule has 1 aromatic carbocycles. The fourth-order valence-electron chi connectivity index (χ4n) is 2.58. The summed E-state index contributed by atoms with van der Waals surface area (Å²) < 4.78 is 4.68. The molecular formula is C19H13ClN4O2S4. The van der Waals surface area contributed by atoms with Crippen LogP contribution in [0.1, 0.15) is 12.0 Å². The maximum Gasteiger partial charge on any atom is 0.266 e. The van der Waals surface area contributed by atoms with Crippen molar-refractivity contribution in [2.24, 2.45) is 0 Å². The molecule has 6 nitrogen and oxygen atoms in total. The molecule has 4 rings (SSSR count). The van der Waals surface area contributed by atoms with E-state index in [0.717, 1.165) is 22.0 Å². The van der Waals surface area contributed by atoms with Crippen LogP contribution in [-0.2, 0) is 9.59 Å². The quantitative estimate of drug-likeness (QED) is 0.379. The summed E-state index contributed by atoms with van der Waals surface area (Å²) in [6, 6.07) is 11.0. The van der Waals surface area contributed by atoms with Crippen molar-refractivity contribution in [2.45, 2.75) is 6.42 Å². The number of thioether (sulfide) groups is 1. The van der Waals surface area contributed by atoms with Gasteiger partial charge in [0, 0.05) is 29.5 Å². The number of benzene rings is 1. The maximum atomic E-state index is 12.7. The Bertz CT molecular complexity index is 1130. The van der Waals surface area contributed by atoms with E-state index in [1.54, 1.807) is 18.2 Å². The van der Waals surface area contributed by atoms with Gasteiger partial charge in [-0.25, -0.2) is 0 Å². The first-order valence-corrected chi connectivity index (χ1v) is 11.9. The summed E-state index contributed by atoms with van der Waals surface area (Å²) in [6.07, 6.45) is 1.87. The number of carbonyl (C=O) groups is 2. The minimum Gasteiger partial charge on any atom is -0.301 e. The van der Waals surface area contributed by atoms with Gasteiger partial charge in [-0.05, 0) is 35.2 Å². The zero-order valence-electron chi connectivity index (χ0n) is 15.2. The third-order valence-electron chi connectivity index (χ3n) is 4.02. The number of hydrogen-bond donors (Lipinski definition) is 1. The van der Waals surface area contributed by atoms with Crippen LogP contribution in [0, 0.1) is 0 Å². The van der Waals surface area contributed by atoms with Gasteiger partial charge < -0.3 is 5.32 Å². The number of amides is 2. The lowest BCUT2D eigenvalue weighted by Gasteiger charge is -2.13. The lowest BCUT2D eigenvalue weighted by atomic mass is 10.2. The Labute approximate surface area is 195 Å². The highest BCUT2D eigenvalue weighted by Crippen LogP contribution is 2.33. The van der Waals surface area contributed by atoms with E-state index in [9.17, 15) is 9.59 Å². The second-order valence-corrected chi connectivity index (χ2v) is 9.90. The van der Waals surface area contributed by atoms with E-state index in [1.165, 1.54) is 28.0 Å². The largest absolute Gasteiger partial charge is 0.301 e. The predicted octanol–water partition coefficient (Wildman–Crippen LogP) is 5.15. The standard InChI is InChI=1S/C19H13ClN4O2S4/c20-12-5-3-11(4-6-12)10-14-17(26)24(19(27)29-14)8-7-15(25)21-18-22-16(23-30-18)13-2-1-9-28-13/h1-6,9-10H,7-8H2,(H,21,22,23,25)/b14-10+. The summed E-state index contributed by atoms with van der Waals surface area (Å²) in [5.41, 5.74) is 0.857. The molecule has 1 aliphatic heterocycles. The van der Waals surface area contributed by atoms with Gasteiger partial charge in [0.25, 0.3) is 5.91 Å². The Kier molecular flexibility index (Phi) is 6.59. The molecule has 0 bridgehead atoms. The molecule has 3 aromatic rings. The van der Waals surface area contributed by atoms with Crippen LogP contribution in [0.25, 0.3) is 16.8 Å². The molecular weight excluding hydrogens is 480 g/mol. The monoisotopic (exact) mass is 492 g/mol. The molecule has 1 saturated heterocycles. The summed E-state index contributed by atoms with van der Waals surface area (Å²) in [6.45, 7) is 0.199. The zero-order valence-corrected chi connectivity index (χ0v) is 19.2. The molecule has 0 saturated carbocycles. The summed E-state index contributed by atoms with van der Waals surface area (Å²) >= 11 is 15.1. The first-order valence-electron chi connectivity index (χ1n) is 8.68. The highest BCUT2D eigenvalue weighted by atomic mass is 35.5. The topological polar surface area (TPSA) is 75.2 Å². The van der Waals surface area contributed by atoms with E-state index >= 15 is 0 Å². The van der Waals surface area contributed by atoms with Crippen molar-refractivity contribution in [1.82, 2.24) is 14.3 Å². The lowest BCUT2D eigenvalue weighted by Crippen LogP contribution is -2.31. The number of anilines is 1. The first-order chi connectivity index (χ1) is 14.5. The summed E-state index contributed by atoms with van der Waals surface area (Å²) in [7, 11) is 0. The van der Waals surface area contributed by atoms with Gasteiger partial charge in [-0.1, -0.05) is 53.8 Å². The number of halogens is 1. The minimum atomic E-state index is -0.250. The minimum absolute atomic E-state index is 0.106. The number of nitrogens with zero attached hydrogens (tertiary/aromatic N) is 3. The van der Waals surface area contributed by atoms with E-state index in [-0.39, 0.29) is 24.8 Å². The zero-order chi connectivity index (χ0) is 21.1. The van der Waals surface area contributed by atoms with Gasteiger partial charge in [-0.3, -0.25) is 14.5 Å². The molecule has 11 heteroatoms. The number of rotatable bonds is 6. The molecule has 30 heavy (non-hydrogen) atoms. The molecule has 0 unspecified atom stereocenters. The SMILES string of the molecule is O=C(CCN1C(=O)/C(=C\c2ccc(Cl)cc2)SC1=S)Nc1nc(-c2cccs2)ns1. The molecule has 1 N–H and O–H groups in total. The fraction of sp³-hybridized carbons (Fsp3) is 0.105. The number of hydrogen-bond acceptors (Lipinski definition) is 8. The number of thiocarbonyl (C=S) groups is 1. The molecule has 0 spiro atoms. The van der Waals surface area contributed by atoms with E-state index in [1.807, 2.05) is 29.6 Å². The number of thiophene rings is 1. The van der Waals surface area contributed by atoms with Crippen LogP contribution < -0.4 is 5.32 Å². The van der Waals surface area contributed by atoms with Gasteiger partial charge in [-0.2, -0.15) is 9.36 Å². The van der Waals surface area contributed by atoms with Gasteiger partial charge in [0.05, 0.1) is 9.78 Å². The number of nitrogens with one attached hydrogen (secondary N) is 1. The maximum absolute atomic E-state index is 12.7.